The molecule has 0 aliphatic carbocycles. The average Bonchev–Trinajstić information content (AvgIpc) is 3.55. The third-order valence-corrected chi connectivity index (χ3v) is 8.91. The normalized spacial score (nSPS) is 15.1. The lowest BCUT2D eigenvalue weighted by Crippen LogP contribution is -2.37. The molecular formula is C35H39F3N6O3S. The number of thioether (sulfide) groups is 1. The van der Waals surface area contributed by atoms with Crippen LogP contribution in [0.15, 0.2) is 78.0 Å². The first-order valence-corrected chi connectivity index (χ1v) is 16.8. The molecule has 48 heavy (non-hydrogen) atoms. The molecule has 1 aliphatic heterocycles. The lowest BCUT2D eigenvalue weighted by atomic mass is 10.00. The molecule has 2 amide bonds. The lowest BCUT2D eigenvalue weighted by Gasteiger charge is -2.32. The van der Waals surface area contributed by atoms with Gasteiger partial charge in [-0.05, 0) is 92.1 Å². The van der Waals surface area contributed by atoms with Crippen molar-refractivity contribution in [3.63, 3.8) is 0 Å². The van der Waals surface area contributed by atoms with Crippen molar-refractivity contribution in [2.75, 3.05) is 24.3 Å². The van der Waals surface area contributed by atoms with E-state index in [1.54, 1.807) is 18.9 Å². The minimum atomic E-state index is -4.74. The smallest absolute Gasteiger partial charge is 0.497 e. The number of hydrogen-bond donors (Lipinski definition) is 1. The van der Waals surface area contributed by atoms with Crippen molar-refractivity contribution in [3.05, 3.63) is 84.2 Å². The SMILES string of the molecule is COc1ccc(N2CCCS/C2=N\C(=O)NC(C)CCCc2ccc(-c3ncn(-c4ccc(OC(F)(F)F)cc4)n3)cc2)c(C(C)C)c1. The summed E-state index contributed by atoms with van der Waals surface area (Å²) in [5, 5.41) is 8.21. The molecule has 3 aromatic carbocycles. The van der Waals surface area contributed by atoms with E-state index in [9.17, 15) is 18.0 Å². The first-order chi connectivity index (χ1) is 23.0. The van der Waals surface area contributed by atoms with E-state index < -0.39 is 6.36 Å². The second kappa shape index (κ2) is 15.6. The molecule has 0 radical (unpaired) electrons. The van der Waals surface area contributed by atoms with Crippen LogP contribution in [0, 0.1) is 0 Å². The minimum Gasteiger partial charge on any atom is -0.497 e. The van der Waals surface area contributed by atoms with Crippen LogP contribution >= 0.6 is 11.8 Å². The van der Waals surface area contributed by atoms with E-state index in [-0.39, 0.29) is 23.7 Å². The summed E-state index contributed by atoms with van der Waals surface area (Å²) in [6.45, 7) is 7.09. The van der Waals surface area contributed by atoms with E-state index in [2.05, 4.69) is 56.0 Å². The van der Waals surface area contributed by atoms with Crippen molar-refractivity contribution in [1.82, 2.24) is 20.1 Å². The molecule has 1 fully saturated rings. The number of aliphatic imine (C=N–C) groups is 1. The zero-order chi connectivity index (χ0) is 34.3. The Morgan fingerprint density at radius 2 is 1.77 bits per heavy atom. The monoisotopic (exact) mass is 680 g/mol. The molecule has 1 N–H and O–H groups in total. The van der Waals surface area contributed by atoms with Crippen LogP contribution in [0.3, 0.4) is 0 Å². The number of ether oxygens (including phenoxy) is 2. The topological polar surface area (TPSA) is 93.9 Å². The Labute approximate surface area is 282 Å². The van der Waals surface area contributed by atoms with E-state index in [1.807, 2.05) is 37.3 Å². The summed E-state index contributed by atoms with van der Waals surface area (Å²) in [6, 6.07) is 19.0. The van der Waals surface area contributed by atoms with Gasteiger partial charge in [-0.3, -0.25) is 0 Å². The maximum absolute atomic E-state index is 13.0. The van der Waals surface area contributed by atoms with Gasteiger partial charge in [0.15, 0.2) is 11.0 Å². The Hall–Kier alpha value is -4.52. The van der Waals surface area contributed by atoms with Gasteiger partial charge in [0, 0.05) is 29.6 Å². The zero-order valence-corrected chi connectivity index (χ0v) is 28.1. The number of halogens is 3. The lowest BCUT2D eigenvalue weighted by molar-refractivity contribution is -0.274. The van der Waals surface area contributed by atoms with Crippen LogP contribution < -0.4 is 19.7 Å². The number of hydrogen-bond acceptors (Lipinski definition) is 6. The maximum atomic E-state index is 13.0. The van der Waals surface area contributed by atoms with Crippen molar-refractivity contribution in [3.8, 4) is 28.6 Å². The van der Waals surface area contributed by atoms with E-state index in [1.165, 1.54) is 35.3 Å². The second-order valence-corrected chi connectivity index (χ2v) is 12.9. The van der Waals surface area contributed by atoms with Crippen molar-refractivity contribution in [2.24, 2.45) is 4.99 Å². The molecule has 1 aliphatic rings. The number of benzene rings is 3. The summed E-state index contributed by atoms with van der Waals surface area (Å²) >= 11 is 1.60. The highest BCUT2D eigenvalue weighted by atomic mass is 32.2. The number of aromatic nitrogens is 3. The largest absolute Gasteiger partial charge is 0.573 e. The zero-order valence-electron chi connectivity index (χ0n) is 27.3. The fourth-order valence-corrected chi connectivity index (χ4v) is 6.35. The number of urea groups is 1. The number of aryl methyl sites for hydroxylation is 1. The highest BCUT2D eigenvalue weighted by Gasteiger charge is 2.31. The third-order valence-electron chi connectivity index (χ3n) is 7.84. The third kappa shape index (κ3) is 9.30. The molecule has 4 aromatic rings. The second-order valence-electron chi connectivity index (χ2n) is 11.8. The van der Waals surface area contributed by atoms with Gasteiger partial charge < -0.3 is 19.7 Å². The molecular weight excluding hydrogens is 641 g/mol. The van der Waals surface area contributed by atoms with Crippen LogP contribution in [0.5, 0.6) is 11.5 Å². The Morgan fingerprint density at radius 3 is 2.46 bits per heavy atom. The molecule has 0 saturated carbocycles. The fourth-order valence-electron chi connectivity index (χ4n) is 5.40. The molecule has 254 valence electrons. The summed E-state index contributed by atoms with van der Waals surface area (Å²) in [7, 11) is 1.66. The number of methoxy groups -OCH3 is 1. The van der Waals surface area contributed by atoms with Gasteiger partial charge in [0.1, 0.15) is 17.8 Å². The average molecular weight is 681 g/mol. The minimum absolute atomic E-state index is 0.0439. The van der Waals surface area contributed by atoms with Gasteiger partial charge in [-0.15, -0.1) is 18.3 Å². The molecule has 1 atom stereocenters. The van der Waals surface area contributed by atoms with Crippen LogP contribution in [0.1, 0.15) is 57.1 Å². The quantitative estimate of drug-likeness (QED) is 0.170. The molecule has 1 aromatic heterocycles. The summed E-state index contributed by atoms with van der Waals surface area (Å²) in [6.07, 6.45) is 0.282. The van der Waals surface area contributed by atoms with Crippen molar-refractivity contribution >= 4 is 28.6 Å². The van der Waals surface area contributed by atoms with Crippen molar-refractivity contribution in [1.29, 1.82) is 0 Å². The van der Waals surface area contributed by atoms with E-state index in [4.69, 9.17) is 4.74 Å². The highest BCUT2D eigenvalue weighted by molar-refractivity contribution is 8.14. The Bertz CT molecular complexity index is 1710. The fraction of sp³-hybridized carbons (Fsp3) is 0.371. The van der Waals surface area contributed by atoms with Gasteiger partial charge in [0.05, 0.1) is 12.8 Å². The predicted molar refractivity (Wildman–Crippen MR) is 183 cm³/mol. The van der Waals surface area contributed by atoms with Gasteiger partial charge in [-0.1, -0.05) is 49.9 Å². The number of alkyl halides is 3. The number of amidine groups is 1. The van der Waals surface area contributed by atoms with Crippen LogP contribution in [-0.4, -0.2) is 57.8 Å². The first-order valence-electron chi connectivity index (χ1n) is 15.8. The van der Waals surface area contributed by atoms with Crippen molar-refractivity contribution < 1.29 is 27.4 Å². The van der Waals surface area contributed by atoms with E-state index >= 15 is 0 Å². The summed E-state index contributed by atoms with van der Waals surface area (Å²) in [5.74, 6) is 2.21. The van der Waals surface area contributed by atoms with Gasteiger partial charge in [-0.2, -0.15) is 4.99 Å². The molecule has 9 nitrogen and oxygen atoms in total. The molecule has 1 saturated heterocycles. The van der Waals surface area contributed by atoms with Gasteiger partial charge in [0.25, 0.3) is 0 Å². The van der Waals surface area contributed by atoms with Gasteiger partial charge in [-0.25, -0.2) is 14.5 Å². The van der Waals surface area contributed by atoms with E-state index in [0.717, 1.165) is 66.1 Å². The van der Waals surface area contributed by atoms with Crippen molar-refractivity contribution in [2.45, 2.75) is 64.8 Å². The summed E-state index contributed by atoms with van der Waals surface area (Å²) < 4.78 is 48.2. The summed E-state index contributed by atoms with van der Waals surface area (Å²) in [4.78, 5) is 23.9. The summed E-state index contributed by atoms with van der Waals surface area (Å²) in [5.41, 5.74) is 4.73. The van der Waals surface area contributed by atoms with Crippen LogP contribution in [0.2, 0.25) is 0 Å². The first kappa shape index (κ1) is 34.8. The Balaban J connectivity index is 1.12. The highest BCUT2D eigenvalue weighted by Crippen LogP contribution is 2.35. The molecule has 0 spiro atoms. The number of carbonyl (C=O) groups excluding carboxylic acids is 1. The standard InChI is InChI=1S/C35H39F3N6O3S/c1-23(2)30-21-29(46-4)17-18-31(30)43-19-6-20-48-34(43)41-33(45)40-24(3)7-5-8-25-9-11-26(12-10-25)32-39-22-44(42-32)27-13-15-28(16-14-27)47-35(36,37)38/h9-18,21-24H,5-8,19-20H2,1-4H3,(H,40,45)/b41-34-. The molecule has 2 heterocycles. The van der Waals surface area contributed by atoms with Gasteiger partial charge >= 0.3 is 12.4 Å². The molecule has 5 rings (SSSR count). The Kier molecular flexibility index (Phi) is 11.3. The molecule has 1 unspecified atom stereocenters. The van der Waals surface area contributed by atoms with Crippen LogP contribution in [0.4, 0.5) is 23.7 Å². The number of nitrogens with one attached hydrogen (secondary N) is 1. The maximum Gasteiger partial charge on any atom is 0.573 e. The number of nitrogens with zero attached hydrogens (tertiary/aromatic N) is 5. The van der Waals surface area contributed by atoms with Crippen LogP contribution in [-0.2, 0) is 6.42 Å². The number of rotatable bonds is 11. The predicted octanol–water partition coefficient (Wildman–Crippen LogP) is 8.39. The number of carbonyl (C=O) groups is 1. The number of anilines is 1. The molecule has 0 bridgehead atoms. The number of amides is 2. The van der Waals surface area contributed by atoms with Crippen LogP contribution in [0.25, 0.3) is 17.1 Å². The Morgan fingerprint density at radius 1 is 1.04 bits per heavy atom. The van der Waals surface area contributed by atoms with E-state index in [0.29, 0.717) is 16.7 Å². The van der Waals surface area contributed by atoms with Gasteiger partial charge in [0.2, 0.25) is 0 Å². The molecule has 13 heteroatoms.